The van der Waals surface area contributed by atoms with Gasteiger partial charge in [-0.1, -0.05) is 13.8 Å². The third kappa shape index (κ3) is 1.57. The van der Waals surface area contributed by atoms with E-state index in [2.05, 4.69) is 13.8 Å². The number of hydrogen-bond donors (Lipinski definition) is 0. The van der Waals surface area contributed by atoms with Crippen molar-refractivity contribution in [2.45, 2.75) is 26.7 Å². The summed E-state index contributed by atoms with van der Waals surface area (Å²) in [5, 5.41) is 0.684. The molecule has 0 spiro atoms. The predicted octanol–water partition coefficient (Wildman–Crippen LogP) is 1.73. The van der Waals surface area contributed by atoms with E-state index in [9.17, 15) is 9.59 Å². The molecule has 0 fully saturated rings. The fourth-order valence-electron chi connectivity index (χ4n) is 2.12. The molecule has 0 N–H and O–H groups in total. The Hall–Kier alpha value is -1.36. The Bertz CT molecular complexity index is 704. The largest absolute Gasteiger partial charge is 0.331 e. The summed E-state index contributed by atoms with van der Waals surface area (Å²) in [5.41, 5.74) is 0.555. The van der Waals surface area contributed by atoms with E-state index < -0.39 is 0 Å². The van der Waals surface area contributed by atoms with Gasteiger partial charge in [-0.3, -0.25) is 13.9 Å². The standard InChI is InChI=1S/C12H16N2O2S/c1-6(2)9-7(3)8-10(15)13(4)12(16)14(5)11(8)17-9/h6H,1-5H3. The van der Waals surface area contributed by atoms with Crippen molar-refractivity contribution < 1.29 is 0 Å². The lowest BCUT2D eigenvalue weighted by Gasteiger charge is -2.03. The van der Waals surface area contributed by atoms with Crippen LogP contribution in [0.5, 0.6) is 0 Å². The molecule has 0 saturated carbocycles. The van der Waals surface area contributed by atoms with Crippen molar-refractivity contribution in [3.05, 3.63) is 31.3 Å². The molecule has 92 valence electrons. The average Bonchev–Trinajstić information content (AvgIpc) is 2.62. The Balaban J connectivity index is 3.08. The number of aryl methyl sites for hydroxylation is 2. The smallest absolute Gasteiger partial charge is 0.287 e. The van der Waals surface area contributed by atoms with E-state index >= 15 is 0 Å². The van der Waals surface area contributed by atoms with Crippen molar-refractivity contribution in [3.63, 3.8) is 0 Å². The van der Waals surface area contributed by atoms with Gasteiger partial charge in [0.15, 0.2) is 0 Å². The Kier molecular flexibility index (Phi) is 2.73. The fourth-order valence-corrected chi connectivity index (χ4v) is 3.38. The van der Waals surface area contributed by atoms with Crippen molar-refractivity contribution in [1.82, 2.24) is 9.13 Å². The number of thiophene rings is 1. The molecule has 0 aliphatic heterocycles. The van der Waals surface area contributed by atoms with Crippen LogP contribution in [0.4, 0.5) is 0 Å². The van der Waals surface area contributed by atoms with Gasteiger partial charge in [0.25, 0.3) is 5.56 Å². The van der Waals surface area contributed by atoms with Gasteiger partial charge in [-0.25, -0.2) is 4.79 Å². The molecule has 0 saturated heterocycles. The molecule has 5 heteroatoms. The number of fused-ring (bicyclic) bond motifs is 1. The molecule has 2 rings (SSSR count). The van der Waals surface area contributed by atoms with Crippen molar-refractivity contribution in [3.8, 4) is 0 Å². The molecule has 2 heterocycles. The van der Waals surface area contributed by atoms with Crippen molar-refractivity contribution >= 4 is 21.6 Å². The van der Waals surface area contributed by atoms with Gasteiger partial charge < -0.3 is 0 Å². The summed E-state index contributed by atoms with van der Waals surface area (Å²) in [6, 6.07) is 0. The first-order valence-corrected chi connectivity index (χ1v) is 6.37. The van der Waals surface area contributed by atoms with E-state index in [0.29, 0.717) is 11.3 Å². The third-order valence-corrected chi connectivity index (χ3v) is 4.76. The van der Waals surface area contributed by atoms with E-state index in [1.54, 1.807) is 23.0 Å². The summed E-state index contributed by atoms with van der Waals surface area (Å²) in [6.07, 6.45) is 0. The molecule has 0 radical (unpaired) electrons. The average molecular weight is 252 g/mol. The van der Waals surface area contributed by atoms with Gasteiger partial charge in [-0.2, -0.15) is 0 Å². The molecular formula is C12H16N2O2S. The van der Waals surface area contributed by atoms with Crippen LogP contribution in [0.1, 0.15) is 30.2 Å². The van der Waals surface area contributed by atoms with Crippen LogP contribution in [-0.4, -0.2) is 9.13 Å². The topological polar surface area (TPSA) is 44.0 Å². The van der Waals surface area contributed by atoms with Gasteiger partial charge in [0.05, 0.1) is 5.39 Å². The Morgan fingerprint density at radius 1 is 1.12 bits per heavy atom. The fraction of sp³-hybridized carbons (Fsp3) is 0.500. The Morgan fingerprint density at radius 2 is 1.71 bits per heavy atom. The van der Waals surface area contributed by atoms with Gasteiger partial charge in [0, 0.05) is 19.0 Å². The minimum absolute atomic E-state index is 0.191. The molecule has 4 nitrogen and oxygen atoms in total. The molecule has 2 aromatic rings. The summed E-state index contributed by atoms with van der Waals surface area (Å²) in [5.74, 6) is 0.368. The molecule has 0 aromatic carbocycles. The first-order valence-electron chi connectivity index (χ1n) is 5.55. The number of aromatic nitrogens is 2. The maximum Gasteiger partial charge on any atom is 0.331 e. The molecule has 0 unspecified atom stereocenters. The van der Waals surface area contributed by atoms with Crippen molar-refractivity contribution in [2.75, 3.05) is 0 Å². The first-order chi connectivity index (χ1) is 7.86. The molecule has 0 atom stereocenters. The lowest BCUT2D eigenvalue weighted by molar-refractivity contribution is 0.716. The SMILES string of the molecule is Cc1c(C(C)C)sc2c1c(=O)n(C)c(=O)n2C. The Morgan fingerprint density at radius 3 is 2.24 bits per heavy atom. The normalized spacial score (nSPS) is 11.6. The molecule has 0 aliphatic carbocycles. The van der Waals surface area contributed by atoms with E-state index in [1.165, 1.54) is 16.5 Å². The second-order valence-corrected chi connectivity index (χ2v) is 5.66. The second-order valence-electron chi connectivity index (χ2n) is 4.63. The predicted molar refractivity (Wildman–Crippen MR) is 71.1 cm³/mol. The highest BCUT2D eigenvalue weighted by atomic mass is 32.1. The van der Waals surface area contributed by atoms with Gasteiger partial charge in [0.1, 0.15) is 4.83 Å². The van der Waals surface area contributed by atoms with Crippen LogP contribution < -0.4 is 11.2 Å². The van der Waals surface area contributed by atoms with E-state index in [1.807, 2.05) is 6.92 Å². The highest BCUT2D eigenvalue weighted by Gasteiger charge is 2.18. The molecule has 2 aromatic heterocycles. The highest BCUT2D eigenvalue weighted by Crippen LogP contribution is 2.32. The van der Waals surface area contributed by atoms with Gasteiger partial charge >= 0.3 is 5.69 Å². The van der Waals surface area contributed by atoms with Crippen LogP contribution in [0.3, 0.4) is 0 Å². The summed E-state index contributed by atoms with van der Waals surface area (Å²) in [7, 11) is 3.24. The zero-order chi connectivity index (χ0) is 12.9. The third-order valence-electron chi connectivity index (χ3n) is 3.09. The molecular weight excluding hydrogens is 236 g/mol. The second kappa shape index (κ2) is 3.84. The zero-order valence-electron chi connectivity index (χ0n) is 10.7. The van der Waals surface area contributed by atoms with Crippen LogP contribution >= 0.6 is 11.3 Å². The number of hydrogen-bond acceptors (Lipinski definition) is 3. The van der Waals surface area contributed by atoms with Crippen molar-refractivity contribution in [2.24, 2.45) is 14.1 Å². The molecule has 0 amide bonds. The van der Waals surface area contributed by atoms with Gasteiger partial charge in [-0.05, 0) is 18.4 Å². The van der Waals surface area contributed by atoms with Crippen LogP contribution in [0, 0.1) is 6.92 Å². The Labute approximate surface area is 103 Å². The van der Waals surface area contributed by atoms with Crippen molar-refractivity contribution in [1.29, 1.82) is 0 Å². The number of nitrogens with zero attached hydrogens (tertiary/aromatic N) is 2. The van der Waals surface area contributed by atoms with Crippen LogP contribution in [0.15, 0.2) is 9.59 Å². The quantitative estimate of drug-likeness (QED) is 0.776. The van der Waals surface area contributed by atoms with E-state index in [0.717, 1.165) is 10.4 Å². The van der Waals surface area contributed by atoms with Crippen LogP contribution in [0.25, 0.3) is 10.2 Å². The molecule has 17 heavy (non-hydrogen) atoms. The zero-order valence-corrected chi connectivity index (χ0v) is 11.5. The summed E-state index contributed by atoms with van der Waals surface area (Å²) in [6.45, 7) is 6.15. The maximum absolute atomic E-state index is 12.1. The first kappa shape index (κ1) is 12.1. The van der Waals surface area contributed by atoms with Gasteiger partial charge in [0.2, 0.25) is 0 Å². The number of rotatable bonds is 1. The minimum atomic E-state index is -0.265. The molecule has 0 bridgehead atoms. The summed E-state index contributed by atoms with van der Waals surface area (Å²) in [4.78, 5) is 25.9. The minimum Gasteiger partial charge on any atom is -0.287 e. The van der Waals surface area contributed by atoms with Gasteiger partial charge in [-0.15, -0.1) is 11.3 Å². The lowest BCUT2D eigenvalue weighted by atomic mass is 10.1. The van der Waals surface area contributed by atoms with E-state index in [4.69, 9.17) is 0 Å². The van der Waals surface area contributed by atoms with E-state index in [-0.39, 0.29) is 11.2 Å². The van der Waals surface area contributed by atoms with Crippen LogP contribution in [0.2, 0.25) is 0 Å². The van der Waals surface area contributed by atoms with Crippen LogP contribution in [-0.2, 0) is 14.1 Å². The lowest BCUT2D eigenvalue weighted by Crippen LogP contribution is -2.36. The highest BCUT2D eigenvalue weighted by molar-refractivity contribution is 7.19. The maximum atomic E-state index is 12.1. The summed E-state index contributed by atoms with van der Waals surface area (Å²) >= 11 is 1.55. The molecule has 0 aliphatic rings. The summed E-state index contributed by atoms with van der Waals surface area (Å²) < 4.78 is 2.73. The monoisotopic (exact) mass is 252 g/mol.